The number of hydrogen-bond donors (Lipinski definition) is 2. The summed E-state index contributed by atoms with van der Waals surface area (Å²) in [5.41, 5.74) is 7.44. The molecule has 2 N–H and O–H groups in total. The van der Waals surface area contributed by atoms with Crippen LogP contribution in [0.5, 0.6) is 11.5 Å². The number of ether oxygens (including phenoxy) is 2. The summed E-state index contributed by atoms with van der Waals surface area (Å²) >= 11 is 6.29. The first kappa shape index (κ1) is 38.4. The minimum absolute atomic E-state index is 0.706. The van der Waals surface area contributed by atoms with Gasteiger partial charge in [0, 0.05) is 39.7 Å². The summed E-state index contributed by atoms with van der Waals surface area (Å²) in [6.45, 7) is 4.05. The molecule has 0 atom stereocenters. The molecule has 0 aliphatic rings. The lowest BCUT2D eigenvalue weighted by molar-refractivity contribution is 0.415. The lowest BCUT2D eigenvalue weighted by Gasteiger charge is -2.14. The van der Waals surface area contributed by atoms with Crippen molar-refractivity contribution in [3.63, 3.8) is 0 Å². The third kappa shape index (κ3) is 10.4. The Hall–Kier alpha value is -4.29. The fraction of sp³-hybridized carbons (Fsp3) is 0.435. The Morgan fingerprint density at radius 2 is 0.868 bits per heavy atom. The van der Waals surface area contributed by atoms with Crippen LogP contribution >= 0.6 is 11.6 Å². The predicted molar refractivity (Wildman–Crippen MR) is 228 cm³/mol. The highest BCUT2D eigenvalue weighted by Gasteiger charge is 2.12. The van der Waals surface area contributed by atoms with E-state index < -0.39 is 0 Å². The van der Waals surface area contributed by atoms with Crippen molar-refractivity contribution in [2.45, 2.75) is 103 Å². The number of methoxy groups -OCH3 is 2. The van der Waals surface area contributed by atoms with Gasteiger partial charge in [0.05, 0.1) is 47.7 Å². The molecule has 0 bridgehead atoms. The maximum absolute atomic E-state index is 6.29. The number of halogens is 1. The lowest BCUT2D eigenvalue weighted by Crippen LogP contribution is -2.04. The van der Waals surface area contributed by atoms with Gasteiger partial charge >= 0.3 is 0 Å². The first-order valence-electron chi connectivity index (χ1n) is 20.0. The average molecular weight is 733 g/mol. The normalized spacial score (nSPS) is 11.5. The number of benzene rings is 4. The van der Waals surface area contributed by atoms with Gasteiger partial charge in [0.25, 0.3) is 0 Å². The van der Waals surface area contributed by atoms with Gasteiger partial charge in [0.15, 0.2) is 0 Å². The van der Waals surface area contributed by atoms with Crippen LogP contribution in [0.25, 0.3) is 43.6 Å². The van der Waals surface area contributed by atoms with Gasteiger partial charge in [-0.3, -0.25) is 0 Å². The molecular weight excluding hydrogens is 676 g/mol. The van der Waals surface area contributed by atoms with Crippen LogP contribution in [0.2, 0.25) is 5.02 Å². The molecule has 0 saturated carbocycles. The maximum Gasteiger partial charge on any atom is 0.119 e. The Labute approximate surface area is 321 Å². The van der Waals surface area contributed by atoms with Crippen molar-refractivity contribution in [1.29, 1.82) is 0 Å². The van der Waals surface area contributed by atoms with E-state index in [0.717, 1.165) is 74.9 Å². The number of aromatic nitrogens is 2. The summed E-state index contributed by atoms with van der Waals surface area (Å²) in [7, 11) is 3.43. The molecule has 53 heavy (non-hydrogen) atoms. The molecule has 0 aliphatic carbocycles. The zero-order valence-corrected chi connectivity index (χ0v) is 32.8. The quantitative estimate of drug-likeness (QED) is 0.0535. The smallest absolute Gasteiger partial charge is 0.119 e. The SMILES string of the molecule is COc1ccc2nc3cc(C)ccc3c(NCCCCCCCCCCCCCCCCCNc3c4ccc(Cl)cc4nc4ccc(OC)cc34)c2c1. The van der Waals surface area contributed by atoms with Crippen molar-refractivity contribution in [2.24, 2.45) is 0 Å². The third-order valence-corrected chi connectivity index (χ3v) is 10.8. The monoisotopic (exact) mass is 732 g/mol. The second-order valence-electron chi connectivity index (χ2n) is 14.6. The minimum Gasteiger partial charge on any atom is -0.497 e. The number of anilines is 2. The van der Waals surface area contributed by atoms with E-state index in [2.05, 4.69) is 60.0 Å². The number of pyridine rings is 2. The van der Waals surface area contributed by atoms with Crippen LogP contribution in [-0.2, 0) is 0 Å². The number of nitrogens with zero attached hydrogens (tertiary/aromatic N) is 2. The molecule has 2 aromatic heterocycles. The number of rotatable bonds is 22. The topological polar surface area (TPSA) is 68.3 Å². The van der Waals surface area contributed by atoms with Crippen LogP contribution in [0.1, 0.15) is 102 Å². The van der Waals surface area contributed by atoms with Crippen molar-refractivity contribution >= 4 is 66.6 Å². The van der Waals surface area contributed by atoms with E-state index in [-0.39, 0.29) is 0 Å². The van der Waals surface area contributed by atoms with Gasteiger partial charge in [0.2, 0.25) is 0 Å². The second-order valence-corrected chi connectivity index (χ2v) is 15.0. The van der Waals surface area contributed by atoms with E-state index in [9.17, 15) is 0 Å². The number of hydrogen-bond acceptors (Lipinski definition) is 6. The van der Waals surface area contributed by atoms with Crippen molar-refractivity contribution in [2.75, 3.05) is 37.9 Å². The van der Waals surface area contributed by atoms with Gasteiger partial charge in [-0.2, -0.15) is 0 Å². The van der Waals surface area contributed by atoms with Gasteiger partial charge in [-0.15, -0.1) is 0 Å². The van der Waals surface area contributed by atoms with E-state index in [1.165, 1.54) is 107 Å². The van der Waals surface area contributed by atoms with Gasteiger partial charge in [0.1, 0.15) is 11.5 Å². The van der Waals surface area contributed by atoms with E-state index in [1.807, 2.05) is 30.3 Å². The summed E-state index contributed by atoms with van der Waals surface area (Å²) in [6, 6.07) is 24.7. The molecule has 7 heteroatoms. The van der Waals surface area contributed by atoms with Crippen LogP contribution in [0, 0.1) is 6.92 Å². The summed E-state index contributed by atoms with van der Waals surface area (Å²) in [4.78, 5) is 9.77. The van der Waals surface area contributed by atoms with E-state index >= 15 is 0 Å². The molecule has 6 aromatic rings. The van der Waals surface area contributed by atoms with Crippen molar-refractivity contribution in [1.82, 2.24) is 9.97 Å². The maximum atomic E-state index is 6.29. The molecule has 6 rings (SSSR count). The molecule has 0 amide bonds. The van der Waals surface area contributed by atoms with Crippen molar-refractivity contribution < 1.29 is 9.47 Å². The van der Waals surface area contributed by atoms with Crippen LogP contribution in [0.15, 0.2) is 72.8 Å². The Morgan fingerprint density at radius 1 is 0.453 bits per heavy atom. The molecule has 0 aliphatic heterocycles. The lowest BCUT2D eigenvalue weighted by atomic mass is 10.0. The third-order valence-electron chi connectivity index (χ3n) is 10.5. The highest BCUT2D eigenvalue weighted by atomic mass is 35.5. The molecular formula is C46H57ClN4O2. The van der Waals surface area contributed by atoms with Crippen molar-refractivity contribution in [3.05, 3.63) is 83.4 Å². The zero-order valence-electron chi connectivity index (χ0n) is 32.0. The van der Waals surface area contributed by atoms with Gasteiger partial charge < -0.3 is 20.1 Å². The summed E-state index contributed by atoms with van der Waals surface area (Å²) in [6.07, 6.45) is 19.8. The number of nitrogens with one attached hydrogen (secondary N) is 2. The highest BCUT2D eigenvalue weighted by molar-refractivity contribution is 6.31. The summed E-state index contributed by atoms with van der Waals surface area (Å²) in [5.74, 6) is 1.71. The van der Waals surface area contributed by atoms with Crippen molar-refractivity contribution in [3.8, 4) is 11.5 Å². The molecule has 0 radical (unpaired) electrons. The minimum atomic E-state index is 0.706. The van der Waals surface area contributed by atoms with Crippen LogP contribution in [0.4, 0.5) is 11.4 Å². The molecule has 6 nitrogen and oxygen atoms in total. The average Bonchev–Trinajstić information content (AvgIpc) is 3.17. The van der Waals surface area contributed by atoms with Gasteiger partial charge in [-0.25, -0.2) is 9.97 Å². The molecule has 0 saturated heterocycles. The molecule has 0 spiro atoms. The van der Waals surface area contributed by atoms with Crippen LogP contribution in [-0.4, -0.2) is 37.3 Å². The van der Waals surface area contributed by atoms with E-state index in [0.29, 0.717) is 5.02 Å². The fourth-order valence-electron chi connectivity index (χ4n) is 7.54. The standard InChI is InChI=1S/C46H57ClN4O2/c1-33-19-23-37-43(29-33)50-41-25-21-35(52-2)31-39(41)45(37)48-27-17-15-13-11-9-7-5-4-6-8-10-12-14-16-18-28-49-46-38-24-20-34(47)30-44(38)51-42-26-22-36(53-3)32-40(42)46/h19-26,29-32H,4-18,27-28H2,1-3H3,(H,48,50)(H,49,51). The van der Waals surface area contributed by atoms with E-state index in [4.69, 9.17) is 31.0 Å². The largest absolute Gasteiger partial charge is 0.497 e. The molecule has 2 heterocycles. The predicted octanol–water partition coefficient (Wildman–Crippen LogP) is 13.4. The Balaban J connectivity index is 0.789. The van der Waals surface area contributed by atoms with Gasteiger partial charge in [-0.05, 0) is 86.0 Å². The molecule has 0 unspecified atom stereocenters. The number of unbranched alkanes of at least 4 members (excludes halogenated alkanes) is 14. The molecule has 280 valence electrons. The number of aryl methyl sites for hydroxylation is 1. The first-order valence-corrected chi connectivity index (χ1v) is 20.3. The van der Waals surface area contributed by atoms with Gasteiger partial charge in [-0.1, -0.05) is 107 Å². The highest BCUT2D eigenvalue weighted by Crippen LogP contribution is 2.35. The van der Waals surface area contributed by atoms with Crippen LogP contribution in [0.3, 0.4) is 0 Å². The fourth-order valence-corrected chi connectivity index (χ4v) is 7.71. The van der Waals surface area contributed by atoms with E-state index in [1.54, 1.807) is 14.2 Å². The van der Waals surface area contributed by atoms with Crippen LogP contribution < -0.4 is 20.1 Å². The Kier molecular flexibility index (Phi) is 14.3. The summed E-state index contributed by atoms with van der Waals surface area (Å²) < 4.78 is 11.0. The summed E-state index contributed by atoms with van der Waals surface area (Å²) in [5, 5.41) is 12.7. The number of fused-ring (bicyclic) bond motifs is 4. The first-order chi connectivity index (χ1) is 26.0. The molecule has 4 aromatic carbocycles. The Bertz CT molecular complexity index is 1950. The second kappa shape index (κ2) is 19.7. The zero-order chi connectivity index (χ0) is 36.8. The Morgan fingerprint density at radius 3 is 1.32 bits per heavy atom. The molecule has 0 fully saturated rings.